The van der Waals surface area contributed by atoms with Crippen LogP contribution >= 0.6 is 0 Å². The largest absolute Gasteiger partial charge is 0.423 e. The Morgan fingerprint density at radius 3 is 2.52 bits per heavy atom. The third-order valence-corrected chi connectivity index (χ3v) is 3.81. The Balaban J connectivity index is 1.90. The molecule has 0 radical (unpaired) electrons. The molecule has 3 rings (SSSR count). The van der Waals surface area contributed by atoms with Gasteiger partial charge in [-0.05, 0) is 37.3 Å². The standard InChI is InChI=1S/C18H12N2O7/c1-9-6-11(3-5-14(9)20(24)25)17(22)26-12-4-2-10-7-13(16(19)21)18(23)27-15(10)8-12/h2-8H,1H3,(H2,19,21). The van der Waals surface area contributed by atoms with Crippen LogP contribution in [-0.2, 0) is 0 Å². The maximum absolute atomic E-state index is 12.2. The third-order valence-electron chi connectivity index (χ3n) is 3.81. The predicted molar refractivity (Wildman–Crippen MR) is 93.8 cm³/mol. The molecule has 0 atom stereocenters. The number of carbonyl (C=O) groups is 2. The molecular formula is C18H12N2O7. The second-order valence-electron chi connectivity index (χ2n) is 5.66. The fraction of sp³-hybridized carbons (Fsp3) is 0.0556. The van der Waals surface area contributed by atoms with E-state index in [0.29, 0.717) is 10.9 Å². The van der Waals surface area contributed by atoms with Gasteiger partial charge in [0.25, 0.3) is 11.6 Å². The minimum atomic E-state index is -0.908. The zero-order chi connectivity index (χ0) is 19.7. The molecule has 0 fully saturated rings. The summed E-state index contributed by atoms with van der Waals surface area (Å²) in [5.41, 5.74) is 4.36. The molecule has 1 aromatic heterocycles. The number of esters is 1. The number of nitrogens with zero attached hydrogens (tertiary/aromatic N) is 1. The average Bonchev–Trinajstić information content (AvgIpc) is 2.60. The van der Waals surface area contributed by atoms with Crippen LogP contribution < -0.4 is 16.1 Å². The number of primary amides is 1. The molecule has 3 aromatic rings. The minimum Gasteiger partial charge on any atom is -0.423 e. The molecule has 2 N–H and O–H groups in total. The SMILES string of the molecule is Cc1cc(C(=O)Oc2ccc3cc(C(N)=O)c(=O)oc3c2)ccc1[N+](=O)[O-]. The van der Waals surface area contributed by atoms with Crippen molar-refractivity contribution in [1.82, 2.24) is 0 Å². The zero-order valence-electron chi connectivity index (χ0n) is 13.9. The van der Waals surface area contributed by atoms with Crippen molar-refractivity contribution in [2.45, 2.75) is 6.92 Å². The quantitative estimate of drug-likeness (QED) is 0.245. The van der Waals surface area contributed by atoms with Gasteiger partial charge in [0.15, 0.2) is 0 Å². The van der Waals surface area contributed by atoms with Crippen LogP contribution in [0.5, 0.6) is 5.75 Å². The molecule has 1 amide bonds. The third kappa shape index (κ3) is 3.52. The van der Waals surface area contributed by atoms with Crippen molar-refractivity contribution in [3.63, 3.8) is 0 Å². The van der Waals surface area contributed by atoms with Gasteiger partial charge in [-0.3, -0.25) is 14.9 Å². The molecule has 2 aromatic carbocycles. The maximum Gasteiger partial charge on any atom is 0.349 e. The molecule has 0 saturated heterocycles. The van der Waals surface area contributed by atoms with E-state index in [1.54, 1.807) is 0 Å². The summed E-state index contributed by atoms with van der Waals surface area (Å²) < 4.78 is 10.2. The number of carbonyl (C=O) groups excluding carboxylic acids is 2. The van der Waals surface area contributed by atoms with Gasteiger partial charge >= 0.3 is 11.6 Å². The number of nitro groups is 1. The van der Waals surface area contributed by atoms with Crippen LogP contribution in [0.3, 0.4) is 0 Å². The van der Waals surface area contributed by atoms with Crippen molar-refractivity contribution < 1.29 is 23.7 Å². The van der Waals surface area contributed by atoms with E-state index in [1.165, 1.54) is 49.4 Å². The number of nitro benzene ring substituents is 1. The molecule has 0 unspecified atom stereocenters. The van der Waals surface area contributed by atoms with Crippen LogP contribution in [0.4, 0.5) is 5.69 Å². The molecule has 9 nitrogen and oxygen atoms in total. The molecular weight excluding hydrogens is 356 g/mol. The van der Waals surface area contributed by atoms with Gasteiger partial charge in [-0.15, -0.1) is 0 Å². The Morgan fingerprint density at radius 1 is 1.15 bits per heavy atom. The summed E-state index contributed by atoms with van der Waals surface area (Å²) in [4.78, 5) is 45.4. The smallest absolute Gasteiger partial charge is 0.349 e. The molecule has 0 saturated carbocycles. The van der Waals surface area contributed by atoms with Crippen LogP contribution in [0, 0.1) is 17.0 Å². The number of hydrogen-bond acceptors (Lipinski definition) is 7. The van der Waals surface area contributed by atoms with Crippen LogP contribution in [0.2, 0.25) is 0 Å². The minimum absolute atomic E-state index is 0.0958. The summed E-state index contributed by atoms with van der Waals surface area (Å²) in [6.07, 6.45) is 0. The van der Waals surface area contributed by atoms with Gasteiger partial charge in [-0.25, -0.2) is 9.59 Å². The molecule has 0 aliphatic carbocycles. The van der Waals surface area contributed by atoms with Gasteiger partial charge in [-0.1, -0.05) is 0 Å². The molecule has 1 heterocycles. The highest BCUT2D eigenvalue weighted by atomic mass is 16.6. The van der Waals surface area contributed by atoms with Crippen LogP contribution in [0.25, 0.3) is 11.0 Å². The van der Waals surface area contributed by atoms with E-state index in [-0.39, 0.29) is 28.1 Å². The second-order valence-corrected chi connectivity index (χ2v) is 5.66. The Kier molecular flexibility index (Phi) is 4.43. The number of hydrogen-bond donors (Lipinski definition) is 1. The van der Waals surface area contributed by atoms with Gasteiger partial charge in [0.1, 0.15) is 16.9 Å². The molecule has 9 heteroatoms. The molecule has 136 valence electrons. The Bertz CT molecular complexity index is 1160. The van der Waals surface area contributed by atoms with Crippen molar-refractivity contribution in [2.24, 2.45) is 5.73 Å². The van der Waals surface area contributed by atoms with Crippen molar-refractivity contribution >= 4 is 28.5 Å². The molecule has 0 spiro atoms. The predicted octanol–water partition coefficient (Wildman–Crippen LogP) is 2.33. The van der Waals surface area contributed by atoms with Gasteiger partial charge in [0, 0.05) is 23.1 Å². The molecule has 27 heavy (non-hydrogen) atoms. The maximum atomic E-state index is 12.2. The van der Waals surface area contributed by atoms with Gasteiger partial charge in [-0.2, -0.15) is 0 Å². The first-order valence-electron chi connectivity index (χ1n) is 7.61. The highest BCUT2D eigenvalue weighted by molar-refractivity contribution is 5.96. The highest BCUT2D eigenvalue weighted by Crippen LogP contribution is 2.23. The van der Waals surface area contributed by atoms with Crippen LogP contribution in [0.15, 0.2) is 51.7 Å². The van der Waals surface area contributed by atoms with E-state index in [9.17, 15) is 24.5 Å². The lowest BCUT2D eigenvalue weighted by Crippen LogP contribution is -2.20. The van der Waals surface area contributed by atoms with Gasteiger partial charge in [0.05, 0.1) is 10.5 Å². The van der Waals surface area contributed by atoms with E-state index in [0.717, 1.165) is 0 Å². The summed E-state index contributed by atoms with van der Waals surface area (Å²) in [5, 5.41) is 11.3. The summed E-state index contributed by atoms with van der Waals surface area (Å²) >= 11 is 0. The lowest BCUT2D eigenvalue weighted by Gasteiger charge is -2.06. The number of fused-ring (bicyclic) bond motifs is 1. The zero-order valence-corrected chi connectivity index (χ0v) is 13.9. The van der Waals surface area contributed by atoms with E-state index < -0.39 is 22.4 Å². The monoisotopic (exact) mass is 368 g/mol. The highest BCUT2D eigenvalue weighted by Gasteiger charge is 2.16. The molecule has 0 aliphatic heterocycles. The second kappa shape index (κ2) is 6.71. The fourth-order valence-electron chi connectivity index (χ4n) is 2.48. The van der Waals surface area contributed by atoms with Gasteiger partial charge < -0.3 is 14.9 Å². The Hall–Kier alpha value is -4.01. The van der Waals surface area contributed by atoms with E-state index in [4.69, 9.17) is 14.9 Å². The molecule has 0 bridgehead atoms. The molecule has 0 aliphatic rings. The van der Waals surface area contributed by atoms with Gasteiger partial charge in [0.2, 0.25) is 0 Å². The lowest BCUT2D eigenvalue weighted by molar-refractivity contribution is -0.385. The number of rotatable bonds is 4. The van der Waals surface area contributed by atoms with Crippen molar-refractivity contribution in [2.75, 3.05) is 0 Å². The number of aryl methyl sites for hydroxylation is 1. The van der Waals surface area contributed by atoms with Crippen molar-refractivity contribution in [1.29, 1.82) is 0 Å². The van der Waals surface area contributed by atoms with Crippen LogP contribution in [-0.4, -0.2) is 16.8 Å². The number of benzene rings is 2. The van der Waals surface area contributed by atoms with E-state index >= 15 is 0 Å². The average molecular weight is 368 g/mol. The first-order valence-corrected chi connectivity index (χ1v) is 7.61. The van der Waals surface area contributed by atoms with Crippen molar-refractivity contribution in [3.05, 3.63) is 79.7 Å². The first kappa shape index (κ1) is 17.8. The number of ether oxygens (including phenoxy) is 1. The summed E-state index contributed by atoms with van der Waals surface area (Å²) in [5.74, 6) is -1.54. The summed E-state index contributed by atoms with van der Waals surface area (Å²) in [6, 6.07) is 9.40. The topological polar surface area (TPSA) is 143 Å². The normalized spacial score (nSPS) is 10.6. The van der Waals surface area contributed by atoms with Crippen molar-refractivity contribution in [3.8, 4) is 5.75 Å². The Morgan fingerprint density at radius 2 is 1.89 bits per heavy atom. The summed E-state index contributed by atoms with van der Waals surface area (Å²) in [7, 11) is 0. The van der Waals surface area contributed by atoms with E-state index in [2.05, 4.69) is 0 Å². The lowest BCUT2D eigenvalue weighted by atomic mass is 10.1. The Labute approximate surface area is 151 Å². The number of nitrogens with two attached hydrogens (primary N) is 1. The van der Waals surface area contributed by atoms with E-state index in [1.807, 2.05) is 0 Å². The first-order chi connectivity index (χ1) is 12.8. The number of amides is 1. The van der Waals surface area contributed by atoms with Crippen LogP contribution in [0.1, 0.15) is 26.3 Å². The fourth-order valence-corrected chi connectivity index (χ4v) is 2.48. The summed E-state index contributed by atoms with van der Waals surface area (Å²) in [6.45, 7) is 1.51.